The molecule has 0 saturated carbocycles. The van der Waals surface area contributed by atoms with Crippen LogP contribution in [0.25, 0.3) is 0 Å². The Balaban J connectivity index is 1.97. The third kappa shape index (κ3) is 4.64. The molecule has 0 amide bonds. The van der Waals surface area contributed by atoms with Gasteiger partial charge in [0.2, 0.25) is 0 Å². The van der Waals surface area contributed by atoms with E-state index in [2.05, 4.69) is 45.1 Å². The molecule has 0 atom stereocenters. The van der Waals surface area contributed by atoms with Gasteiger partial charge in [-0.15, -0.1) is 0 Å². The number of hydrogen-bond donors (Lipinski definition) is 1. The molecule has 0 spiro atoms. The van der Waals surface area contributed by atoms with Crippen LogP contribution in [-0.2, 0) is 13.2 Å². The van der Waals surface area contributed by atoms with Gasteiger partial charge >= 0.3 is 0 Å². The Morgan fingerprint density at radius 1 is 1.14 bits per heavy atom. The topological polar surface area (TPSA) is 34.4 Å². The molecular weight excluding hydrogens is 262 g/mol. The van der Waals surface area contributed by atoms with Gasteiger partial charge in [0.1, 0.15) is 18.1 Å². The van der Waals surface area contributed by atoms with Crippen molar-refractivity contribution in [1.29, 1.82) is 0 Å². The van der Waals surface area contributed by atoms with E-state index < -0.39 is 0 Å². The van der Waals surface area contributed by atoms with Gasteiger partial charge in [0.05, 0.1) is 6.26 Å². The highest BCUT2D eigenvalue weighted by molar-refractivity contribution is 5.30. The summed E-state index contributed by atoms with van der Waals surface area (Å²) >= 11 is 0. The van der Waals surface area contributed by atoms with Gasteiger partial charge < -0.3 is 14.5 Å². The zero-order chi connectivity index (χ0) is 15.2. The van der Waals surface area contributed by atoms with Crippen LogP contribution in [0.4, 0.5) is 0 Å². The quantitative estimate of drug-likeness (QED) is 0.815. The number of nitrogens with one attached hydrogen (secondary N) is 1. The monoisotopic (exact) mass is 287 g/mol. The summed E-state index contributed by atoms with van der Waals surface area (Å²) in [5, 5.41) is 3.39. The smallest absolute Gasteiger partial charge is 0.146 e. The van der Waals surface area contributed by atoms with E-state index in [-0.39, 0.29) is 0 Å². The van der Waals surface area contributed by atoms with E-state index in [9.17, 15) is 0 Å². The number of ether oxygens (including phenoxy) is 1. The number of furan rings is 1. The Morgan fingerprint density at radius 3 is 2.67 bits per heavy atom. The van der Waals surface area contributed by atoms with Crippen molar-refractivity contribution >= 4 is 0 Å². The van der Waals surface area contributed by atoms with Gasteiger partial charge in [-0.25, -0.2) is 0 Å². The highest BCUT2D eigenvalue weighted by Gasteiger charge is 2.08. The average molecular weight is 287 g/mol. The van der Waals surface area contributed by atoms with Crippen LogP contribution >= 0.6 is 0 Å². The largest absolute Gasteiger partial charge is 0.486 e. The molecule has 0 fully saturated rings. The average Bonchev–Trinajstić information content (AvgIpc) is 2.90. The fraction of sp³-hybridized carbons (Fsp3) is 0.444. The normalized spacial score (nSPS) is 11.3. The highest BCUT2D eigenvalue weighted by atomic mass is 16.5. The Morgan fingerprint density at radius 2 is 1.95 bits per heavy atom. The van der Waals surface area contributed by atoms with Crippen LogP contribution in [0.2, 0.25) is 0 Å². The van der Waals surface area contributed by atoms with E-state index in [0.717, 1.165) is 23.6 Å². The van der Waals surface area contributed by atoms with E-state index in [4.69, 9.17) is 9.15 Å². The molecule has 3 nitrogen and oxygen atoms in total. The Kier molecular flexibility index (Phi) is 5.45. The summed E-state index contributed by atoms with van der Waals surface area (Å²) in [6.07, 6.45) is 1.72. The summed E-state index contributed by atoms with van der Waals surface area (Å²) in [6, 6.07) is 10.7. The lowest BCUT2D eigenvalue weighted by Crippen LogP contribution is -2.22. The Labute approximate surface area is 127 Å². The predicted octanol–water partition coefficient (Wildman–Crippen LogP) is 4.48. The minimum atomic E-state index is 0.455. The highest BCUT2D eigenvalue weighted by Crippen LogP contribution is 2.21. The van der Waals surface area contributed by atoms with Crippen LogP contribution in [0.15, 0.2) is 41.0 Å². The summed E-state index contributed by atoms with van der Waals surface area (Å²) in [6.45, 7) is 9.90. The van der Waals surface area contributed by atoms with Gasteiger partial charge in [0, 0.05) is 18.2 Å². The summed E-state index contributed by atoms with van der Waals surface area (Å²) in [4.78, 5) is 0. The molecule has 2 aromatic rings. The van der Waals surface area contributed by atoms with E-state index >= 15 is 0 Å². The molecule has 3 heteroatoms. The van der Waals surface area contributed by atoms with Crippen molar-refractivity contribution in [2.45, 2.75) is 52.8 Å². The first kappa shape index (κ1) is 15.6. The molecule has 0 aliphatic carbocycles. The fourth-order valence-electron chi connectivity index (χ4n) is 2.08. The minimum Gasteiger partial charge on any atom is -0.486 e. The molecule has 2 rings (SSSR count). The molecule has 1 heterocycles. The van der Waals surface area contributed by atoms with Crippen molar-refractivity contribution in [2.75, 3.05) is 0 Å². The van der Waals surface area contributed by atoms with Gasteiger partial charge in [-0.2, -0.15) is 0 Å². The van der Waals surface area contributed by atoms with Crippen LogP contribution in [-0.4, -0.2) is 6.04 Å². The number of rotatable bonds is 7. The predicted molar refractivity (Wildman–Crippen MR) is 85.5 cm³/mol. The van der Waals surface area contributed by atoms with E-state index in [1.54, 1.807) is 6.26 Å². The van der Waals surface area contributed by atoms with E-state index in [0.29, 0.717) is 18.6 Å². The van der Waals surface area contributed by atoms with E-state index in [1.165, 1.54) is 5.56 Å². The van der Waals surface area contributed by atoms with Gasteiger partial charge in [-0.1, -0.05) is 39.8 Å². The first-order valence-corrected chi connectivity index (χ1v) is 7.57. The maximum Gasteiger partial charge on any atom is 0.146 e. The third-order valence-corrected chi connectivity index (χ3v) is 3.43. The number of hydrogen-bond acceptors (Lipinski definition) is 3. The fourth-order valence-corrected chi connectivity index (χ4v) is 2.08. The first-order valence-electron chi connectivity index (χ1n) is 7.57. The summed E-state index contributed by atoms with van der Waals surface area (Å²) in [5.41, 5.74) is 2.44. The van der Waals surface area contributed by atoms with Gasteiger partial charge in [0.15, 0.2) is 0 Å². The van der Waals surface area contributed by atoms with Crippen LogP contribution < -0.4 is 10.1 Å². The Bertz CT molecular complexity index is 558. The van der Waals surface area contributed by atoms with Gasteiger partial charge in [-0.3, -0.25) is 0 Å². The second-order valence-electron chi connectivity index (χ2n) is 5.92. The van der Waals surface area contributed by atoms with Crippen molar-refractivity contribution in [3.05, 3.63) is 53.5 Å². The maximum absolute atomic E-state index is 5.87. The van der Waals surface area contributed by atoms with Gasteiger partial charge in [-0.05, 0) is 29.7 Å². The standard InChI is InChI=1S/C18H25NO2/c1-13(2)15-6-5-7-17(10-15)21-12-18-16(8-9-20-18)11-19-14(3)4/h5-10,13-14,19H,11-12H2,1-4H3. The van der Waals surface area contributed by atoms with Crippen LogP contribution in [0.3, 0.4) is 0 Å². The Hall–Kier alpha value is -1.74. The second-order valence-corrected chi connectivity index (χ2v) is 5.92. The SMILES string of the molecule is CC(C)NCc1ccoc1COc1cccc(C(C)C)c1. The zero-order valence-electron chi connectivity index (χ0n) is 13.3. The molecule has 0 unspecified atom stereocenters. The molecular formula is C18H25NO2. The lowest BCUT2D eigenvalue weighted by atomic mass is 10.0. The lowest BCUT2D eigenvalue weighted by Gasteiger charge is -2.11. The molecule has 0 bridgehead atoms. The molecule has 0 saturated heterocycles. The van der Waals surface area contributed by atoms with Crippen LogP contribution in [0.5, 0.6) is 5.75 Å². The number of benzene rings is 1. The molecule has 1 aromatic heterocycles. The summed E-state index contributed by atoms with van der Waals surface area (Å²) in [5.74, 6) is 2.28. The molecule has 1 aromatic carbocycles. The molecule has 114 valence electrons. The van der Waals surface area contributed by atoms with Crippen molar-refractivity contribution in [3.8, 4) is 5.75 Å². The molecule has 1 N–H and O–H groups in total. The summed E-state index contributed by atoms with van der Waals surface area (Å²) in [7, 11) is 0. The van der Waals surface area contributed by atoms with Crippen molar-refractivity contribution in [1.82, 2.24) is 5.32 Å². The maximum atomic E-state index is 5.87. The van der Waals surface area contributed by atoms with Crippen LogP contribution in [0, 0.1) is 0 Å². The summed E-state index contributed by atoms with van der Waals surface area (Å²) < 4.78 is 11.4. The van der Waals surface area contributed by atoms with Crippen molar-refractivity contribution in [3.63, 3.8) is 0 Å². The van der Waals surface area contributed by atoms with Crippen molar-refractivity contribution < 1.29 is 9.15 Å². The van der Waals surface area contributed by atoms with Gasteiger partial charge in [0.25, 0.3) is 0 Å². The second kappa shape index (κ2) is 7.32. The van der Waals surface area contributed by atoms with Crippen molar-refractivity contribution in [2.24, 2.45) is 0 Å². The zero-order valence-corrected chi connectivity index (χ0v) is 13.3. The lowest BCUT2D eigenvalue weighted by molar-refractivity contribution is 0.267. The molecule has 21 heavy (non-hydrogen) atoms. The minimum absolute atomic E-state index is 0.455. The third-order valence-electron chi connectivity index (χ3n) is 3.43. The van der Waals surface area contributed by atoms with Crippen LogP contribution in [0.1, 0.15) is 50.5 Å². The molecule has 0 aliphatic heterocycles. The molecule has 0 radical (unpaired) electrons. The first-order chi connectivity index (χ1) is 10.1. The van der Waals surface area contributed by atoms with E-state index in [1.807, 2.05) is 18.2 Å². The molecule has 0 aliphatic rings.